The summed E-state index contributed by atoms with van der Waals surface area (Å²) in [4.78, 5) is 0. The van der Waals surface area contributed by atoms with E-state index in [9.17, 15) is 5.11 Å². The van der Waals surface area contributed by atoms with Crippen molar-refractivity contribution in [1.82, 2.24) is 0 Å². The van der Waals surface area contributed by atoms with Crippen molar-refractivity contribution in [2.24, 2.45) is 0 Å². The quantitative estimate of drug-likeness (QED) is 0.132. The zero-order chi connectivity index (χ0) is 43.7. The Hall–Kier alpha value is -4.70. The van der Waals surface area contributed by atoms with Gasteiger partial charge in [0.2, 0.25) is 0 Å². The Bertz CT molecular complexity index is 2540. The highest BCUT2D eigenvalue weighted by molar-refractivity contribution is 6.47. The summed E-state index contributed by atoms with van der Waals surface area (Å²) >= 11 is 0. The molecule has 0 heterocycles. The van der Waals surface area contributed by atoms with Crippen molar-refractivity contribution >= 4 is 12.9 Å². The predicted molar refractivity (Wildman–Crippen MR) is 265 cm³/mol. The van der Waals surface area contributed by atoms with Gasteiger partial charge in [0.25, 0.3) is 0 Å². The second-order valence-electron chi connectivity index (χ2n) is 21.8. The molecule has 1 N–H and O–H groups in total. The first-order valence-corrected chi connectivity index (χ1v) is 24.2. The van der Waals surface area contributed by atoms with E-state index in [1.807, 2.05) is 27.7 Å². The minimum atomic E-state index is -0.904. The number of hydrogen-bond acceptors (Lipinski definition) is 2. The fraction of sp³-hybridized carbons (Fsp3) is 0.400. The molecular weight excluding hydrogens is 763 g/mol. The van der Waals surface area contributed by atoms with Crippen LogP contribution in [0.2, 0.25) is 0 Å². The van der Waals surface area contributed by atoms with Gasteiger partial charge in [-0.25, -0.2) is 0 Å². The van der Waals surface area contributed by atoms with Crippen LogP contribution in [0.15, 0.2) is 140 Å². The first-order valence-electron chi connectivity index (χ1n) is 24.2. The van der Waals surface area contributed by atoms with E-state index in [0.29, 0.717) is 29.1 Å². The molecule has 12 rings (SSSR count). The van der Waals surface area contributed by atoms with Crippen molar-refractivity contribution in [1.29, 1.82) is 0 Å². The van der Waals surface area contributed by atoms with Crippen molar-refractivity contribution in [3.8, 4) is 33.4 Å². The van der Waals surface area contributed by atoms with Crippen LogP contribution in [0.5, 0.6) is 0 Å². The van der Waals surface area contributed by atoms with Crippen LogP contribution in [0, 0.1) is 13.8 Å². The van der Waals surface area contributed by atoms with Crippen LogP contribution in [0.1, 0.15) is 138 Å². The summed E-state index contributed by atoms with van der Waals surface area (Å²) in [5.74, 6) is 0. The van der Waals surface area contributed by atoms with Crippen LogP contribution in [0.3, 0.4) is 0 Å². The summed E-state index contributed by atoms with van der Waals surface area (Å²) < 4.78 is 6.15. The van der Waals surface area contributed by atoms with Gasteiger partial charge < -0.3 is 9.76 Å². The van der Waals surface area contributed by atoms with Gasteiger partial charge in [-0.2, -0.15) is 0 Å². The summed E-state index contributed by atoms with van der Waals surface area (Å²) in [7, 11) is 0.508. The Morgan fingerprint density at radius 1 is 0.413 bits per heavy atom. The third-order valence-electron chi connectivity index (χ3n) is 17.9. The minimum Gasteiger partial charge on any atom is -0.427 e. The van der Waals surface area contributed by atoms with Crippen LogP contribution in [0.4, 0.5) is 0 Å². The van der Waals surface area contributed by atoms with Crippen molar-refractivity contribution in [2.75, 3.05) is 0 Å². The first kappa shape index (κ1) is 42.3. The standard InChI is InChI=1S/C60H67BO2/c1-42-40-46(16-26-53(42)44-12-18-49(19-13-44)58-31-28-57(29-32-58,30-33-58)48-10-8-7-9-11-48)47-17-27-54(43(2)41-47)45-14-20-50(21-15-45)59-34-37-60(38-35-59,39-36-59)51-22-24-52(25-23-51)61-63-56(5,6)55(3,4)62/h7-27,40-41,61-62H,28-39H2,1-6H3. The fourth-order valence-electron chi connectivity index (χ4n) is 12.6. The van der Waals surface area contributed by atoms with E-state index in [4.69, 9.17) is 4.65 Å². The smallest absolute Gasteiger partial charge is 0.309 e. The van der Waals surface area contributed by atoms with Gasteiger partial charge >= 0.3 is 7.48 Å². The van der Waals surface area contributed by atoms with E-state index in [0.717, 1.165) is 5.46 Å². The molecule has 63 heavy (non-hydrogen) atoms. The second kappa shape index (κ2) is 15.8. The van der Waals surface area contributed by atoms with Gasteiger partial charge in [-0.15, -0.1) is 0 Å². The van der Waals surface area contributed by atoms with Gasteiger partial charge in [-0.3, -0.25) is 0 Å². The lowest BCUT2D eigenvalue weighted by Gasteiger charge is -2.54. The molecule has 0 aliphatic heterocycles. The molecule has 6 aromatic rings. The maximum absolute atomic E-state index is 10.5. The molecule has 0 radical (unpaired) electrons. The van der Waals surface area contributed by atoms with E-state index in [-0.39, 0.29) is 0 Å². The lowest BCUT2D eigenvalue weighted by Crippen LogP contribution is -2.49. The monoisotopic (exact) mass is 831 g/mol. The van der Waals surface area contributed by atoms with E-state index >= 15 is 0 Å². The van der Waals surface area contributed by atoms with Gasteiger partial charge in [-0.05, 0) is 207 Å². The molecule has 4 bridgehead atoms. The Balaban J connectivity index is 0.772. The Morgan fingerprint density at radius 3 is 1.06 bits per heavy atom. The fourth-order valence-corrected chi connectivity index (χ4v) is 12.6. The number of fused-ring (bicyclic) bond motifs is 6. The maximum atomic E-state index is 10.5. The summed E-state index contributed by atoms with van der Waals surface area (Å²) in [6.07, 6.45) is 15.4. The predicted octanol–water partition coefficient (Wildman–Crippen LogP) is 13.9. The molecule has 0 spiro atoms. The Kier molecular flexibility index (Phi) is 10.6. The highest BCUT2D eigenvalue weighted by atomic mass is 16.5. The molecular formula is C60H67BO2. The number of aliphatic hydroxyl groups is 1. The molecule has 6 aromatic carbocycles. The van der Waals surface area contributed by atoms with E-state index in [2.05, 4.69) is 153 Å². The molecule has 3 heteroatoms. The van der Waals surface area contributed by atoms with Gasteiger partial charge in [-0.1, -0.05) is 145 Å². The normalized spacial score (nSPS) is 25.6. The highest BCUT2D eigenvalue weighted by Gasteiger charge is 2.51. The topological polar surface area (TPSA) is 29.5 Å². The lowest BCUT2D eigenvalue weighted by molar-refractivity contribution is -0.0893. The summed E-state index contributed by atoms with van der Waals surface area (Å²) in [5, 5.41) is 10.5. The zero-order valence-corrected chi connectivity index (χ0v) is 38.8. The minimum absolute atomic E-state index is 0.290. The van der Waals surface area contributed by atoms with Crippen molar-refractivity contribution < 1.29 is 9.76 Å². The van der Waals surface area contributed by atoms with E-state index < -0.39 is 11.2 Å². The van der Waals surface area contributed by atoms with Crippen LogP contribution in [-0.4, -0.2) is 23.8 Å². The first-order chi connectivity index (χ1) is 30.2. The molecule has 6 fully saturated rings. The summed E-state index contributed by atoms with van der Waals surface area (Å²) in [6, 6.07) is 53.9. The maximum Gasteiger partial charge on any atom is 0.309 e. The molecule has 0 saturated heterocycles. The third kappa shape index (κ3) is 7.56. The van der Waals surface area contributed by atoms with Crippen molar-refractivity contribution in [2.45, 2.75) is 151 Å². The molecule has 6 aliphatic carbocycles. The SMILES string of the molecule is Cc1cc(-c2ccc(-c3ccc(C45CCC(c6ccc(BOC(C)(C)C(C)(C)O)cc6)(CC4)CC5)cc3)c(C)c2)ccc1-c1ccc(C23CCC(c4ccccc4)(CC2)CC3)cc1. The summed E-state index contributed by atoms with van der Waals surface area (Å²) in [5.41, 5.74) is 17.6. The van der Waals surface area contributed by atoms with E-state index in [1.165, 1.54) is 133 Å². The van der Waals surface area contributed by atoms with Crippen LogP contribution < -0.4 is 5.46 Å². The number of benzene rings is 6. The van der Waals surface area contributed by atoms with Crippen molar-refractivity contribution in [3.63, 3.8) is 0 Å². The second-order valence-corrected chi connectivity index (χ2v) is 21.8. The Morgan fingerprint density at radius 2 is 0.730 bits per heavy atom. The number of aryl methyl sites for hydroxylation is 2. The number of hydrogen-bond donors (Lipinski definition) is 1. The number of rotatable bonds is 11. The molecule has 6 saturated carbocycles. The molecule has 6 aliphatic rings. The average molecular weight is 831 g/mol. The van der Waals surface area contributed by atoms with Gasteiger partial charge in [0.1, 0.15) is 0 Å². The van der Waals surface area contributed by atoms with E-state index in [1.54, 1.807) is 11.1 Å². The van der Waals surface area contributed by atoms with Gasteiger partial charge in [0, 0.05) is 0 Å². The average Bonchev–Trinajstić information content (AvgIpc) is 3.32. The van der Waals surface area contributed by atoms with Crippen molar-refractivity contribution in [3.05, 3.63) is 173 Å². The van der Waals surface area contributed by atoms with Crippen LogP contribution >= 0.6 is 0 Å². The molecule has 0 amide bonds. The largest absolute Gasteiger partial charge is 0.427 e. The highest BCUT2D eigenvalue weighted by Crippen LogP contribution is 2.60. The van der Waals surface area contributed by atoms with Crippen LogP contribution in [-0.2, 0) is 26.3 Å². The molecule has 322 valence electrons. The molecule has 0 aromatic heterocycles. The third-order valence-corrected chi connectivity index (χ3v) is 17.9. The molecule has 2 nitrogen and oxygen atoms in total. The summed E-state index contributed by atoms with van der Waals surface area (Å²) in [6.45, 7) is 12.1. The van der Waals surface area contributed by atoms with Gasteiger partial charge in [0.15, 0.2) is 0 Å². The molecule has 0 unspecified atom stereocenters. The Labute approximate surface area is 378 Å². The van der Waals surface area contributed by atoms with Gasteiger partial charge in [0.05, 0.1) is 11.2 Å². The van der Waals surface area contributed by atoms with Crippen LogP contribution in [0.25, 0.3) is 33.4 Å². The zero-order valence-electron chi connectivity index (χ0n) is 38.8. The molecule has 0 atom stereocenters. The lowest BCUT2D eigenvalue weighted by atomic mass is 9.50.